The van der Waals surface area contributed by atoms with Gasteiger partial charge in [-0.1, -0.05) is 52.7 Å². The zero-order chi connectivity index (χ0) is 20.9. The summed E-state index contributed by atoms with van der Waals surface area (Å²) in [6.07, 6.45) is 4.01. The average molecular weight is 529 g/mol. The molecule has 3 N–H and O–H groups in total. The number of unbranched alkanes of at least 4 members (excludes halogenated alkanes) is 3. The van der Waals surface area contributed by atoms with E-state index in [0.29, 0.717) is 13.2 Å². The van der Waals surface area contributed by atoms with E-state index in [-0.39, 0.29) is 6.09 Å². The predicted octanol–water partition coefficient (Wildman–Crippen LogP) is 4.77. The van der Waals surface area contributed by atoms with Crippen LogP contribution < -0.4 is 15.4 Å². The van der Waals surface area contributed by atoms with Crippen LogP contribution in [0.2, 0.25) is 0 Å². The van der Waals surface area contributed by atoms with Gasteiger partial charge in [0.2, 0.25) is 0 Å². The third kappa shape index (κ3) is 9.19. The molecule has 2 aromatic rings. The van der Waals surface area contributed by atoms with E-state index in [0.717, 1.165) is 59.0 Å². The molecule has 5 nitrogen and oxygen atoms in total. The van der Waals surface area contributed by atoms with E-state index in [4.69, 9.17) is 9.47 Å². The highest BCUT2D eigenvalue weighted by Crippen LogP contribution is 2.32. The summed E-state index contributed by atoms with van der Waals surface area (Å²) in [7, 11) is 1.70. The maximum absolute atomic E-state index is 11.7. The third-order valence-electron chi connectivity index (χ3n) is 4.47. The van der Waals surface area contributed by atoms with Gasteiger partial charge in [-0.3, -0.25) is 0 Å². The number of alkyl carbamates (subject to hydrolysis) is 1. The van der Waals surface area contributed by atoms with Gasteiger partial charge in [0.25, 0.3) is 0 Å². The van der Waals surface area contributed by atoms with Gasteiger partial charge < -0.3 is 20.1 Å². The minimum Gasteiger partial charge on any atom is -0.495 e. The maximum Gasteiger partial charge on any atom is 0.407 e. The Hall–Kier alpha value is -1.57. The molecule has 158 valence electrons. The molecule has 0 aliphatic carbocycles. The van der Waals surface area contributed by atoms with Crippen molar-refractivity contribution in [1.29, 1.82) is 0 Å². The molecule has 0 heterocycles. The van der Waals surface area contributed by atoms with Crippen molar-refractivity contribution >= 4 is 38.0 Å². The van der Waals surface area contributed by atoms with Gasteiger partial charge in [-0.15, -0.1) is 0 Å². The first-order chi connectivity index (χ1) is 14.1. The van der Waals surface area contributed by atoms with Gasteiger partial charge in [0, 0.05) is 11.0 Å². The lowest BCUT2D eigenvalue weighted by atomic mass is 10.1. The smallest absolute Gasteiger partial charge is 0.407 e. The molecular formula is C22H29Br2N2O3+. The Morgan fingerprint density at radius 3 is 2.59 bits per heavy atom. The Bertz CT molecular complexity index is 757. The zero-order valence-corrected chi connectivity index (χ0v) is 19.9. The maximum atomic E-state index is 11.7. The van der Waals surface area contributed by atoms with E-state index in [9.17, 15) is 4.79 Å². The van der Waals surface area contributed by atoms with Gasteiger partial charge >= 0.3 is 6.09 Å². The standard InChI is InChI=1S/C22H28Br2N2O3/c1-28-21-18(13-19(23)14-20(21)24)15-25-11-7-2-3-8-12-26-22(27)29-16-17-9-5-4-6-10-17/h4-6,9-10,13-14,25H,2-3,7-8,11-12,15-16H2,1H3,(H,26,27)/p+1. The highest BCUT2D eigenvalue weighted by Gasteiger charge is 2.10. The van der Waals surface area contributed by atoms with Crippen molar-refractivity contribution in [3.8, 4) is 5.75 Å². The van der Waals surface area contributed by atoms with Crippen molar-refractivity contribution in [3.63, 3.8) is 0 Å². The lowest BCUT2D eigenvalue weighted by Gasteiger charge is -2.10. The summed E-state index contributed by atoms with van der Waals surface area (Å²) in [6.45, 7) is 2.91. The van der Waals surface area contributed by atoms with E-state index in [1.807, 2.05) is 36.4 Å². The van der Waals surface area contributed by atoms with Crippen molar-refractivity contribution in [2.45, 2.75) is 38.8 Å². The molecule has 7 heteroatoms. The number of nitrogens with two attached hydrogens (primary N) is 1. The zero-order valence-electron chi connectivity index (χ0n) is 16.8. The number of halogens is 2. The summed E-state index contributed by atoms with van der Waals surface area (Å²) in [5, 5.41) is 5.11. The second-order valence-corrected chi connectivity index (χ2v) is 8.53. The molecular weight excluding hydrogens is 500 g/mol. The molecule has 0 saturated carbocycles. The Balaban J connectivity index is 1.49. The van der Waals surface area contributed by atoms with Gasteiger partial charge in [-0.05, 0) is 52.9 Å². The number of carbonyl (C=O) groups is 1. The Labute approximate surface area is 189 Å². The quantitative estimate of drug-likeness (QED) is 0.390. The summed E-state index contributed by atoms with van der Waals surface area (Å²) in [5.74, 6) is 0.898. The highest BCUT2D eigenvalue weighted by atomic mass is 79.9. The fraction of sp³-hybridized carbons (Fsp3) is 0.409. The molecule has 0 saturated heterocycles. The van der Waals surface area contributed by atoms with Crippen LogP contribution in [0.15, 0.2) is 51.4 Å². The fourth-order valence-corrected chi connectivity index (χ4v) is 4.46. The SMILES string of the molecule is COc1c(Br)cc(Br)cc1C[NH2+]CCCCCCNC(=O)OCc1ccccc1. The normalized spacial score (nSPS) is 10.6. The second-order valence-electron chi connectivity index (χ2n) is 6.76. The van der Waals surface area contributed by atoms with E-state index >= 15 is 0 Å². The molecule has 0 unspecified atom stereocenters. The Morgan fingerprint density at radius 2 is 1.83 bits per heavy atom. The Kier molecular flexibility index (Phi) is 11.1. The minimum absolute atomic E-state index is 0.307. The van der Waals surface area contributed by atoms with Crippen LogP contribution in [-0.4, -0.2) is 26.3 Å². The molecule has 0 fully saturated rings. The first-order valence-corrected chi connectivity index (χ1v) is 11.5. The number of hydrogen-bond acceptors (Lipinski definition) is 3. The molecule has 2 rings (SSSR count). The number of rotatable bonds is 12. The molecule has 0 radical (unpaired) electrons. The molecule has 2 aromatic carbocycles. The van der Waals surface area contributed by atoms with Crippen molar-refractivity contribution in [3.05, 3.63) is 62.5 Å². The number of nitrogens with one attached hydrogen (secondary N) is 1. The number of methoxy groups -OCH3 is 1. The summed E-state index contributed by atoms with van der Waals surface area (Å²) < 4.78 is 12.7. The van der Waals surface area contributed by atoms with Crippen LogP contribution in [0, 0.1) is 0 Å². The number of benzene rings is 2. The molecule has 0 bridgehead atoms. The van der Waals surface area contributed by atoms with Crippen LogP contribution in [0.25, 0.3) is 0 Å². The average Bonchev–Trinajstić information content (AvgIpc) is 2.71. The van der Waals surface area contributed by atoms with Crippen LogP contribution in [0.1, 0.15) is 36.8 Å². The molecule has 0 spiro atoms. The van der Waals surface area contributed by atoms with Gasteiger partial charge in [0.15, 0.2) is 0 Å². The fourth-order valence-electron chi connectivity index (χ4n) is 2.98. The predicted molar refractivity (Wildman–Crippen MR) is 122 cm³/mol. The van der Waals surface area contributed by atoms with E-state index < -0.39 is 0 Å². The van der Waals surface area contributed by atoms with Crippen LogP contribution in [0.4, 0.5) is 4.79 Å². The number of amides is 1. The lowest BCUT2D eigenvalue weighted by Crippen LogP contribution is -2.82. The topological polar surface area (TPSA) is 64.2 Å². The summed E-state index contributed by atoms with van der Waals surface area (Å²) in [5.41, 5.74) is 2.17. The number of carbonyl (C=O) groups excluding carboxylic acids is 1. The van der Waals surface area contributed by atoms with Crippen molar-refractivity contribution < 1.29 is 19.6 Å². The monoisotopic (exact) mass is 527 g/mol. The number of hydrogen-bond donors (Lipinski definition) is 2. The highest BCUT2D eigenvalue weighted by molar-refractivity contribution is 9.11. The largest absolute Gasteiger partial charge is 0.495 e. The van der Waals surface area contributed by atoms with Gasteiger partial charge in [0.05, 0.1) is 23.7 Å². The molecule has 0 aromatic heterocycles. The van der Waals surface area contributed by atoms with E-state index in [2.05, 4.69) is 48.6 Å². The van der Waals surface area contributed by atoms with Crippen molar-refractivity contribution in [2.75, 3.05) is 20.2 Å². The first-order valence-electron chi connectivity index (χ1n) is 9.88. The van der Waals surface area contributed by atoms with Gasteiger partial charge in [0.1, 0.15) is 18.9 Å². The first kappa shape index (κ1) is 23.7. The van der Waals surface area contributed by atoms with Crippen LogP contribution >= 0.6 is 31.9 Å². The molecule has 0 aliphatic heterocycles. The molecule has 0 aliphatic rings. The minimum atomic E-state index is -0.351. The number of ether oxygens (including phenoxy) is 2. The Morgan fingerprint density at radius 1 is 1.07 bits per heavy atom. The van der Waals surface area contributed by atoms with Crippen LogP contribution in [-0.2, 0) is 17.9 Å². The number of quaternary nitrogens is 1. The van der Waals surface area contributed by atoms with Crippen LogP contribution in [0.5, 0.6) is 5.75 Å². The summed E-state index contributed by atoms with van der Waals surface area (Å²) >= 11 is 7.07. The molecule has 29 heavy (non-hydrogen) atoms. The van der Waals surface area contributed by atoms with Gasteiger partial charge in [-0.25, -0.2) is 4.79 Å². The molecule has 1 amide bonds. The van der Waals surface area contributed by atoms with Crippen LogP contribution in [0.3, 0.4) is 0 Å². The van der Waals surface area contributed by atoms with Crippen molar-refractivity contribution in [1.82, 2.24) is 5.32 Å². The summed E-state index contributed by atoms with van der Waals surface area (Å²) in [6, 6.07) is 13.8. The van der Waals surface area contributed by atoms with E-state index in [1.165, 1.54) is 5.56 Å². The van der Waals surface area contributed by atoms with Gasteiger partial charge in [-0.2, -0.15) is 0 Å². The molecule has 0 atom stereocenters. The lowest BCUT2D eigenvalue weighted by molar-refractivity contribution is -0.671. The second kappa shape index (κ2) is 13.6. The van der Waals surface area contributed by atoms with Crippen molar-refractivity contribution in [2.24, 2.45) is 0 Å². The third-order valence-corrected chi connectivity index (χ3v) is 5.52. The van der Waals surface area contributed by atoms with E-state index in [1.54, 1.807) is 7.11 Å². The summed E-state index contributed by atoms with van der Waals surface area (Å²) in [4.78, 5) is 11.7.